The maximum Gasteiger partial charge on any atom is 0.269 e. The Balaban J connectivity index is 0.00000200. The maximum absolute atomic E-state index is 11.9. The van der Waals surface area contributed by atoms with Crippen molar-refractivity contribution in [1.29, 1.82) is 10.5 Å². The summed E-state index contributed by atoms with van der Waals surface area (Å²) in [5.74, 6) is -0.813. The van der Waals surface area contributed by atoms with Gasteiger partial charge in [0, 0.05) is 41.2 Å². The van der Waals surface area contributed by atoms with Crippen molar-refractivity contribution < 1.29 is 9.90 Å². The average Bonchev–Trinajstić information content (AvgIpc) is 3.24. The van der Waals surface area contributed by atoms with E-state index in [0.29, 0.717) is 11.3 Å². The molecule has 1 aliphatic rings. The van der Waals surface area contributed by atoms with Crippen LogP contribution in [-0.4, -0.2) is 40.6 Å². The second-order valence-corrected chi connectivity index (χ2v) is 4.29. The number of nitrogens with zero attached hydrogens (tertiary/aromatic N) is 2. The van der Waals surface area contributed by atoms with E-state index in [2.05, 4.69) is 5.32 Å². The van der Waals surface area contributed by atoms with Gasteiger partial charge in [0.2, 0.25) is 0 Å². The smallest absolute Gasteiger partial charge is 0.269 e. The van der Waals surface area contributed by atoms with Gasteiger partial charge in [0.05, 0.1) is 11.6 Å². The number of hydrogen-bond donors (Lipinski definition) is 2. The molecule has 0 spiro atoms. The summed E-state index contributed by atoms with van der Waals surface area (Å²) >= 11 is 0. The van der Waals surface area contributed by atoms with Crippen molar-refractivity contribution in [2.45, 2.75) is 12.8 Å². The van der Waals surface area contributed by atoms with E-state index in [1.54, 1.807) is 30.3 Å². The summed E-state index contributed by atoms with van der Waals surface area (Å²) < 4.78 is 0. The zero-order valence-corrected chi connectivity index (χ0v) is 13.1. The van der Waals surface area contributed by atoms with Crippen LogP contribution in [-0.2, 0) is 4.79 Å². The molecular weight excluding hydrogens is 265 g/mol. The van der Waals surface area contributed by atoms with Gasteiger partial charge in [0.15, 0.2) is 5.57 Å². The molecule has 20 heavy (non-hydrogen) atoms. The number of benzene rings is 1. The average molecular weight is 276 g/mol. The fraction of sp³-hybridized carbons (Fsp3) is 0.214. The second kappa shape index (κ2) is 7.12. The number of allylic oxidation sites excluding steroid dienone is 1. The first-order chi connectivity index (χ1) is 9.15. The van der Waals surface area contributed by atoms with Crippen LogP contribution < -0.4 is 5.32 Å². The molecule has 0 aliphatic heterocycles. The molecule has 0 saturated heterocycles. The number of carbonyl (C=O) groups is 1. The third-order valence-electron chi connectivity index (χ3n) is 2.83. The van der Waals surface area contributed by atoms with Crippen LogP contribution in [0.25, 0.3) is 0 Å². The van der Waals surface area contributed by atoms with Crippen LogP contribution in [0.5, 0.6) is 0 Å². The fourth-order valence-electron chi connectivity index (χ4n) is 1.61. The topological polar surface area (TPSA) is 96.9 Å². The van der Waals surface area contributed by atoms with Crippen molar-refractivity contribution in [2.75, 3.05) is 5.32 Å². The fourth-order valence-corrected chi connectivity index (χ4v) is 1.61. The molecule has 5 nitrogen and oxygen atoms in total. The van der Waals surface area contributed by atoms with Crippen LogP contribution in [0.1, 0.15) is 18.4 Å². The molecule has 0 bridgehead atoms. The van der Waals surface area contributed by atoms with Gasteiger partial charge in [-0.2, -0.15) is 10.5 Å². The van der Waals surface area contributed by atoms with Crippen molar-refractivity contribution in [2.24, 2.45) is 5.92 Å². The Morgan fingerprint density at radius 2 is 1.85 bits per heavy atom. The van der Waals surface area contributed by atoms with Crippen LogP contribution in [0.4, 0.5) is 5.69 Å². The number of aliphatic hydroxyl groups excluding tert-OH is 1. The van der Waals surface area contributed by atoms with Crippen molar-refractivity contribution in [3.8, 4) is 12.1 Å². The minimum atomic E-state index is -0.628. The first-order valence-electron chi connectivity index (χ1n) is 5.80. The van der Waals surface area contributed by atoms with Gasteiger partial charge in [-0.1, -0.05) is 0 Å². The minimum Gasteiger partial charge on any atom is -0.510 e. The molecule has 1 fully saturated rings. The summed E-state index contributed by atoms with van der Waals surface area (Å²) in [7, 11) is 0. The standard InChI is InChI=1S/C14H11N3O2.Na/c15-7-9-1-5-11(6-2-9)17-14(19)12(8-16)13(18)10-3-4-10;/h1-2,5-6,10,18H,3-4H2,(H,17,19);/b13-12+;. The van der Waals surface area contributed by atoms with Crippen molar-refractivity contribution in [3.05, 3.63) is 41.2 Å². The van der Waals surface area contributed by atoms with Gasteiger partial charge in [-0.05, 0) is 37.1 Å². The molecule has 1 amide bonds. The van der Waals surface area contributed by atoms with Crippen molar-refractivity contribution in [3.63, 3.8) is 0 Å². The van der Waals surface area contributed by atoms with E-state index in [4.69, 9.17) is 10.5 Å². The van der Waals surface area contributed by atoms with E-state index < -0.39 is 5.91 Å². The largest absolute Gasteiger partial charge is 0.510 e. The third kappa shape index (κ3) is 3.85. The molecule has 1 saturated carbocycles. The Kier molecular flexibility index (Phi) is 5.79. The van der Waals surface area contributed by atoms with Gasteiger partial charge >= 0.3 is 0 Å². The van der Waals surface area contributed by atoms with Crippen LogP contribution in [0.15, 0.2) is 35.6 Å². The summed E-state index contributed by atoms with van der Waals surface area (Å²) in [5, 5.41) is 29.8. The maximum atomic E-state index is 11.9. The monoisotopic (exact) mass is 276 g/mol. The van der Waals surface area contributed by atoms with Gasteiger partial charge < -0.3 is 10.4 Å². The Morgan fingerprint density at radius 3 is 2.30 bits per heavy atom. The minimum absolute atomic E-state index is 0. The van der Waals surface area contributed by atoms with Crippen molar-refractivity contribution in [1.82, 2.24) is 0 Å². The molecule has 2 rings (SSSR count). The zero-order valence-electron chi connectivity index (χ0n) is 11.1. The number of rotatable bonds is 3. The summed E-state index contributed by atoms with van der Waals surface area (Å²) in [6, 6.07) is 9.96. The number of carbonyl (C=O) groups excluding carboxylic acids is 1. The van der Waals surface area contributed by atoms with Gasteiger partial charge in [0.25, 0.3) is 5.91 Å². The van der Waals surface area contributed by atoms with Crippen LogP contribution in [0.3, 0.4) is 0 Å². The normalized spacial score (nSPS) is 14.1. The Bertz CT molecular complexity index is 619. The predicted octanol–water partition coefficient (Wildman–Crippen LogP) is 1.86. The molecule has 1 aliphatic carbocycles. The molecule has 0 aromatic heterocycles. The molecule has 0 unspecified atom stereocenters. The number of aliphatic hydroxyl groups is 1. The molecule has 6 heteroatoms. The van der Waals surface area contributed by atoms with E-state index in [-0.39, 0.29) is 46.8 Å². The quantitative estimate of drug-likeness (QED) is 0.381. The van der Waals surface area contributed by atoms with E-state index in [1.165, 1.54) is 0 Å². The summed E-state index contributed by atoms with van der Waals surface area (Å²) in [4.78, 5) is 11.9. The SMILES string of the molecule is N#C/C(C(=O)Nc1ccc(C#N)cc1)=C(\O)C1CC1.[Na]. The first-order valence-corrected chi connectivity index (χ1v) is 5.80. The molecule has 1 aromatic carbocycles. The summed E-state index contributed by atoms with van der Waals surface area (Å²) in [5.41, 5.74) is 0.710. The Labute approximate surface area is 138 Å². The van der Waals surface area contributed by atoms with E-state index in [9.17, 15) is 9.90 Å². The van der Waals surface area contributed by atoms with E-state index >= 15 is 0 Å². The van der Waals surface area contributed by atoms with E-state index in [0.717, 1.165) is 12.8 Å². The molecule has 1 aromatic rings. The summed E-state index contributed by atoms with van der Waals surface area (Å²) in [6.07, 6.45) is 1.61. The van der Waals surface area contributed by atoms with Gasteiger partial charge in [-0.3, -0.25) is 4.79 Å². The first kappa shape index (κ1) is 16.3. The number of nitrogens with one attached hydrogen (secondary N) is 1. The molecular formula is C14H11N3NaO2. The zero-order chi connectivity index (χ0) is 13.8. The Morgan fingerprint density at radius 1 is 1.25 bits per heavy atom. The van der Waals surface area contributed by atoms with E-state index in [1.807, 2.05) is 6.07 Å². The van der Waals surface area contributed by atoms with Crippen LogP contribution in [0.2, 0.25) is 0 Å². The van der Waals surface area contributed by atoms with Gasteiger partial charge in [-0.25, -0.2) is 0 Å². The number of amides is 1. The van der Waals surface area contributed by atoms with Crippen LogP contribution >= 0.6 is 0 Å². The number of nitriles is 2. The molecule has 2 N–H and O–H groups in total. The number of anilines is 1. The van der Waals surface area contributed by atoms with Crippen molar-refractivity contribution >= 4 is 41.2 Å². The van der Waals surface area contributed by atoms with Crippen LogP contribution in [0, 0.1) is 28.6 Å². The molecule has 0 atom stereocenters. The number of hydrogen-bond acceptors (Lipinski definition) is 4. The molecule has 0 heterocycles. The second-order valence-electron chi connectivity index (χ2n) is 4.29. The van der Waals surface area contributed by atoms with Gasteiger partial charge in [0.1, 0.15) is 11.8 Å². The van der Waals surface area contributed by atoms with Gasteiger partial charge in [-0.15, -0.1) is 0 Å². The molecule has 95 valence electrons. The molecule has 1 radical (unpaired) electrons. The summed E-state index contributed by atoms with van der Waals surface area (Å²) in [6.45, 7) is 0. The Hall–Kier alpha value is -1.79. The predicted molar refractivity (Wildman–Crippen MR) is 73.5 cm³/mol. The third-order valence-corrected chi connectivity index (χ3v) is 2.83.